The van der Waals surface area contributed by atoms with E-state index in [2.05, 4.69) is 15.8 Å². The van der Waals surface area contributed by atoms with E-state index in [-0.39, 0.29) is 12.2 Å². The van der Waals surface area contributed by atoms with Crippen molar-refractivity contribution in [2.24, 2.45) is 5.10 Å². The van der Waals surface area contributed by atoms with Gasteiger partial charge in [0.05, 0.1) is 24.8 Å². The van der Waals surface area contributed by atoms with Crippen molar-refractivity contribution in [2.45, 2.75) is 0 Å². The number of carbonyl (C=O) groups excluding carboxylic acids is 2. The second-order valence-electron chi connectivity index (χ2n) is 6.60. The normalized spacial score (nSPS) is 10.9. The van der Waals surface area contributed by atoms with Crippen LogP contribution < -0.4 is 15.5 Å². The number of methoxy groups -OCH3 is 1. The Morgan fingerprint density at radius 3 is 2.76 bits per heavy atom. The predicted molar refractivity (Wildman–Crippen MR) is 122 cm³/mol. The molecular weight excluding hydrogens is 428 g/mol. The standard InChI is InChI=1S/C23H20N4O6/c1-32-20-8-3-2-5-16(20)9-12-22(28)24-15-23(29)26-25-14-19-10-11-21(33-19)17-6-4-7-18(13-17)27(30)31/h2-14H,15H2,1H3,(H,24,28)(H,26,29)/b12-9+,25-14+. The first-order valence-corrected chi connectivity index (χ1v) is 9.72. The zero-order chi connectivity index (χ0) is 23.6. The summed E-state index contributed by atoms with van der Waals surface area (Å²) in [5.41, 5.74) is 3.49. The van der Waals surface area contributed by atoms with Crippen molar-refractivity contribution in [2.75, 3.05) is 13.7 Å². The maximum absolute atomic E-state index is 11.9. The minimum absolute atomic E-state index is 0.0498. The van der Waals surface area contributed by atoms with Crippen molar-refractivity contribution in [3.05, 3.63) is 88.2 Å². The molecule has 168 valence electrons. The van der Waals surface area contributed by atoms with Crippen LogP contribution in [0.1, 0.15) is 11.3 Å². The van der Waals surface area contributed by atoms with Crippen LogP contribution in [-0.4, -0.2) is 36.6 Å². The molecule has 1 aromatic heterocycles. The number of ether oxygens (including phenoxy) is 1. The van der Waals surface area contributed by atoms with E-state index in [1.165, 1.54) is 31.5 Å². The summed E-state index contributed by atoms with van der Waals surface area (Å²) in [5, 5.41) is 17.1. The van der Waals surface area contributed by atoms with Crippen LogP contribution in [0.15, 0.2) is 76.3 Å². The van der Waals surface area contributed by atoms with Crippen molar-refractivity contribution in [1.82, 2.24) is 10.7 Å². The number of hydrogen-bond donors (Lipinski definition) is 2. The zero-order valence-electron chi connectivity index (χ0n) is 17.6. The van der Waals surface area contributed by atoms with Gasteiger partial charge in [-0.2, -0.15) is 5.10 Å². The molecule has 0 spiro atoms. The number of para-hydroxylation sites is 1. The van der Waals surface area contributed by atoms with E-state index in [9.17, 15) is 19.7 Å². The Hall–Kier alpha value is -4.73. The number of carbonyl (C=O) groups is 2. The average molecular weight is 448 g/mol. The van der Waals surface area contributed by atoms with E-state index in [1.54, 1.807) is 42.5 Å². The number of benzene rings is 2. The van der Waals surface area contributed by atoms with Gasteiger partial charge in [0.2, 0.25) is 5.91 Å². The molecule has 0 aliphatic carbocycles. The van der Waals surface area contributed by atoms with E-state index >= 15 is 0 Å². The Labute approximate surface area is 188 Å². The van der Waals surface area contributed by atoms with Crippen molar-refractivity contribution in [3.63, 3.8) is 0 Å². The Morgan fingerprint density at radius 1 is 1.15 bits per heavy atom. The topological polar surface area (TPSA) is 136 Å². The summed E-state index contributed by atoms with van der Waals surface area (Å²) in [6, 6.07) is 16.5. The van der Waals surface area contributed by atoms with Crippen LogP contribution in [0, 0.1) is 10.1 Å². The number of rotatable bonds is 9. The highest BCUT2D eigenvalue weighted by Gasteiger charge is 2.10. The summed E-state index contributed by atoms with van der Waals surface area (Å²) in [7, 11) is 1.54. The third-order valence-electron chi connectivity index (χ3n) is 4.33. The van der Waals surface area contributed by atoms with Gasteiger partial charge >= 0.3 is 0 Å². The van der Waals surface area contributed by atoms with Crippen LogP contribution in [0.5, 0.6) is 5.75 Å². The van der Waals surface area contributed by atoms with Gasteiger partial charge in [-0.05, 0) is 24.3 Å². The minimum Gasteiger partial charge on any atom is -0.496 e. The van der Waals surface area contributed by atoms with E-state index in [0.717, 1.165) is 5.56 Å². The van der Waals surface area contributed by atoms with E-state index in [4.69, 9.17) is 9.15 Å². The van der Waals surface area contributed by atoms with E-state index < -0.39 is 16.7 Å². The number of nitrogens with one attached hydrogen (secondary N) is 2. The number of hydrazone groups is 1. The molecule has 2 N–H and O–H groups in total. The van der Waals surface area contributed by atoms with Crippen molar-refractivity contribution < 1.29 is 23.7 Å². The van der Waals surface area contributed by atoms with Gasteiger partial charge in [0.25, 0.3) is 11.6 Å². The Balaban J connectivity index is 1.48. The molecular formula is C23H20N4O6. The molecule has 10 heteroatoms. The van der Waals surface area contributed by atoms with Gasteiger partial charge in [-0.1, -0.05) is 30.3 Å². The monoisotopic (exact) mass is 448 g/mol. The number of furan rings is 1. The van der Waals surface area contributed by atoms with Gasteiger partial charge in [0.15, 0.2) is 0 Å². The van der Waals surface area contributed by atoms with Gasteiger partial charge in [0.1, 0.15) is 17.3 Å². The first-order chi connectivity index (χ1) is 16.0. The molecule has 0 atom stereocenters. The number of non-ortho nitro benzene ring substituents is 1. The quantitative estimate of drug-likeness (QED) is 0.223. The van der Waals surface area contributed by atoms with Crippen LogP contribution >= 0.6 is 0 Å². The molecule has 0 fully saturated rings. The molecule has 2 aromatic carbocycles. The molecule has 0 unspecified atom stereocenters. The second-order valence-corrected chi connectivity index (χ2v) is 6.60. The number of nitro groups is 1. The van der Waals surface area contributed by atoms with Crippen molar-refractivity contribution >= 4 is 29.8 Å². The molecule has 10 nitrogen and oxygen atoms in total. The first-order valence-electron chi connectivity index (χ1n) is 9.72. The lowest BCUT2D eigenvalue weighted by Gasteiger charge is -2.03. The van der Waals surface area contributed by atoms with Crippen molar-refractivity contribution in [1.29, 1.82) is 0 Å². The summed E-state index contributed by atoms with van der Waals surface area (Å²) in [4.78, 5) is 34.2. The highest BCUT2D eigenvalue weighted by atomic mass is 16.6. The summed E-state index contributed by atoms with van der Waals surface area (Å²) in [6.45, 7) is -0.274. The Morgan fingerprint density at radius 2 is 1.97 bits per heavy atom. The van der Waals surface area contributed by atoms with Gasteiger partial charge in [-0.3, -0.25) is 19.7 Å². The first kappa shape index (κ1) is 22.9. The maximum Gasteiger partial charge on any atom is 0.270 e. The minimum atomic E-state index is -0.532. The van der Waals surface area contributed by atoms with Gasteiger partial charge < -0.3 is 14.5 Å². The SMILES string of the molecule is COc1ccccc1/C=C/C(=O)NCC(=O)N/N=C/c1ccc(-c2cccc([N+](=O)[O-])c2)o1. The number of nitro benzene ring substituents is 1. The number of nitrogens with zero attached hydrogens (tertiary/aromatic N) is 2. The molecule has 1 heterocycles. The van der Waals surface area contributed by atoms with Crippen LogP contribution in [0.4, 0.5) is 5.69 Å². The van der Waals surface area contributed by atoms with Gasteiger partial charge in [-0.25, -0.2) is 5.43 Å². The molecule has 2 amide bonds. The van der Waals surface area contributed by atoms with Crippen LogP contribution in [0.25, 0.3) is 17.4 Å². The Bertz CT molecular complexity index is 1210. The predicted octanol–water partition coefficient (Wildman–Crippen LogP) is 3.14. The van der Waals surface area contributed by atoms with Crippen LogP contribution in [0.2, 0.25) is 0 Å². The van der Waals surface area contributed by atoms with Crippen LogP contribution in [0.3, 0.4) is 0 Å². The summed E-state index contributed by atoms with van der Waals surface area (Å²) < 4.78 is 10.8. The lowest BCUT2D eigenvalue weighted by Crippen LogP contribution is -2.34. The average Bonchev–Trinajstić information content (AvgIpc) is 3.30. The Kier molecular flexibility index (Phi) is 7.68. The largest absolute Gasteiger partial charge is 0.496 e. The smallest absolute Gasteiger partial charge is 0.270 e. The molecule has 0 saturated carbocycles. The van der Waals surface area contributed by atoms with E-state index in [1.807, 2.05) is 12.1 Å². The van der Waals surface area contributed by atoms with Crippen LogP contribution in [-0.2, 0) is 9.59 Å². The zero-order valence-corrected chi connectivity index (χ0v) is 17.6. The van der Waals surface area contributed by atoms with E-state index in [0.29, 0.717) is 22.8 Å². The lowest BCUT2D eigenvalue weighted by atomic mass is 10.1. The van der Waals surface area contributed by atoms with Crippen molar-refractivity contribution in [3.8, 4) is 17.1 Å². The second kappa shape index (κ2) is 11.0. The highest BCUT2D eigenvalue weighted by Crippen LogP contribution is 2.25. The number of hydrogen-bond acceptors (Lipinski definition) is 7. The molecule has 0 saturated heterocycles. The fourth-order valence-electron chi connectivity index (χ4n) is 2.75. The van der Waals surface area contributed by atoms with Gasteiger partial charge in [-0.15, -0.1) is 0 Å². The molecule has 33 heavy (non-hydrogen) atoms. The summed E-state index contributed by atoms with van der Waals surface area (Å²) in [5.74, 6) is 0.393. The summed E-state index contributed by atoms with van der Waals surface area (Å²) in [6.07, 6.45) is 4.16. The van der Waals surface area contributed by atoms with Gasteiger partial charge in [0, 0.05) is 29.3 Å². The molecule has 0 aliphatic heterocycles. The molecule has 3 rings (SSSR count). The fraction of sp³-hybridized carbons (Fsp3) is 0.0870. The third-order valence-corrected chi connectivity index (χ3v) is 4.33. The molecule has 0 aliphatic rings. The fourth-order valence-corrected chi connectivity index (χ4v) is 2.75. The number of amides is 2. The lowest BCUT2D eigenvalue weighted by molar-refractivity contribution is -0.384. The molecule has 0 radical (unpaired) electrons. The highest BCUT2D eigenvalue weighted by molar-refractivity contribution is 5.94. The maximum atomic E-state index is 11.9. The summed E-state index contributed by atoms with van der Waals surface area (Å²) >= 11 is 0. The molecule has 0 bridgehead atoms. The third kappa shape index (κ3) is 6.62. The molecule has 3 aromatic rings.